The maximum Gasteiger partial charge on any atom is 0.0992 e. The number of halogens is 1. The van der Waals surface area contributed by atoms with E-state index in [1.807, 2.05) is 6.07 Å². The van der Waals surface area contributed by atoms with Crippen molar-refractivity contribution in [3.63, 3.8) is 0 Å². The Kier molecular flexibility index (Phi) is 7.56. The van der Waals surface area contributed by atoms with Gasteiger partial charge in [-0.3, -0.25) is 4.90 Å². The van der Waals surface area contributed by atoms with E-state index in [0.29, 0.717) is 30.3 Å². The van der Waals surface area contributed by atoms with Gasteiger partial charge in [-0.15, -0.1) is 0 Å². The molecule has 0 saturated carbocycles. The lowest BCUT2D eigenvalue weighted by Crippen LogP contribution is -2.38. The van der Waals surface area contributed by atoms with E-state index in [2.05, 4.69) is 17.9 Å². The molecule has 0 aliphatic heterocycles. The zero-order chi connectivity index (χ0) is 15.0. The van der Waals surface area contributed by atoms with Gasteiger partial charge in [0.15, 0.2) is 0 Å². The van der Waals surface area contributed by atoms with E-state index < -0.39 is 0 Å². The molecule has 0 N–H and O–H groups in total. The normalized spacial score (nSPS) is 12.4. The van der Waals surface area contributed by atoms with Crippen LogP contribution in [-0.4, -0.2) is 44.9 Å². The third-order valence-corrected chi connectivity index (χ3v) is 3.52. The van der Waals surface area contributed by atoms with Gasteiger partial charge in [0.05, 0.1) is 24.8 Å². The quantitative estimate of drug-likeness (QED) is 0.740. The molecule has 0 aliphatic rings. The molecule has 1 atom stereocenters. The fraction of sp³-hybridized carbons (Fsp3) is 0.533. The monoisotopic (exact) mass is 296 g/mol. The zero-order valence-electron chi connectivity index (χ0n) is 12.2. The summed E-state index contributed by atoms with van der Waals surface area (Å²) >= 11 is 6.23. The Morgan fingerprint density at radius 1 is 1.35 bits per heavy atom. The molecular weight excluding hydrogens is 276 g/mol. The van der Waals surface area contributed by atoms with E-state index in [-0.39, 0.29) is 6.04 Å². The molecule has 0 amide bonds. The summed E-state index contributed by atoms with van der Waals surface area (Å²) in [5.41, 5.74) is 1.58. The lowest BCUT2D eigenvalue weighted by molar-refractivity contribution is 0.0705. The summed E-state index contributed by atoms with van der Waals surface area (Å²) < 4.78 is 10.4. The smallest absolute Gasteiger partial charge is 0.0992 e. The molecule has 1 rings (SSSR count). The Morgan fingerprint density at radius 2 is 2.10 bits per heavy atom. The van der Waals surface area contributed by atoms with Crippen molar-refractivity contribution < 1.29 is 9.47 Å². The van der Waals surface area contributed by atoms with Crippen LogP contribution in [0.1, 0.15) is 18.1 Å². The van der Waals surface area contributed by atoms with E-state index >= 15 is 0 Å². The van der Waals surface area contributed by atoms with Crippen LogP contribution >= 0.6 is 11.6 Å². The third kappa shape index (κ3) is 5.10. The second-order valence-corrected chi connectivity index (χ2v) is 5.09. The standard InChI is InChI=1S/C15H21ClN2O2/c1-12(11-20-3)18(6-7-19-2)10-14-5-4-13(9-17)8-15(14)16/h4-5,8,12H,6-7,10-11H2,1-3H3. The highest BCUT2D eigenvalue weighted by Gasteiger charge is 2.15. The molecule has 1 aromatic carbocycles. The van der Waals surface area contributed by atoms with Crippen LogP contribution in [0.25, 0.3) is 0 Å². The maximum absolute atomic E-state index is 8.86. The van der Waals surface area contributed by atoms with Crippen LogP contribution in [0.2, 0.25) is 5.02 Å². The van der Waals surface area contributed by atoms with Crippen molar-refractivity contribution in [3.8, 4) is 6.07 Å². The average Bonchev–Trinajstić information content (AvgIpc) is 2.45. The van der Waals surface area contributed by atoms with Crippen LogP contribution in [-0.2, 0) is 16.0 Å². The Labute approximate surface area is 125 Å². The highest BCUT2D eigenvalue weighted by atomic mass is 35.5. The number of hydrogen-bond donors (Lipinski definition) is 0. The largest absolute Gasteiger partial charge is 0.383 e. The summed E-state index contributed by atoms with van der Waals surface area (Å²) in [6.45, 7) is 4.92. The van der Waals surface area contributed by atoms with Crippen LogP contribution in [0, 0.1) is 11.3 Å². The lowest BCUT2D eigenvalue weighted by Gasteiger charge is -2.28. The van der Waals surface area contributed by atoms with E-state index in [9.17, 15) is 0 Å². The molecule has 110 valence electrons. The molecule has 4 nitrogen and oxygen atoms in total. The molecule has 0 aromatic heterocycles. The summed E-state index contributed by atoms with van der Waals surface area (Å²) in [5.74, 6) is 0. The maximum atomic E-state index is 8.86. The van der Waals surface area contributed by atoms with E-state index in [0.717, 1.165) is 12.1 Å². The average molecular weight is 297 g/mol. The van der Waals surface area contributed by atoms with Gasteiger partial charge in [0.25, 0.3) is 0 Å². The van der Waals surface area contributed by atoms with Crippen molar-refractivity contribution in [2.75, 3.05) is 34.0 Å². The third-order valence-electron chi connectivity index (χ3n) is 3.17. The lowest BCUT2D eigenvalue weighted by atomic mass is 10.1. The minimum atomic E-state index is 0.266. The van der Waals surface area contributed by atoms with Gasteiger partial charge in [0.2, 0.25) is 0 Å². The minimum absolute atomic E-state index is 0.266. The molecule has 0 radical (unpaired) electrons. The molecule has 0 saturated heterocycles. The topological polar surface area (TPSA) is 45.5 Å². The van der Waals surface area contributed by atoms with Crippen molar-refractivity contribution in [1.82, 2.24) is 4.90 Å². The molecule has 1 unspecified atom stereocenters. The van der Waals surface area contributed by atoms with Gasteiger partial charge in [0.1, 0.15) is 0 Å². The van der Waals surface area contributed by atoms with Crippen LogP contribution in [0.4, 0.5) is 0 Å². The van der Waals surface area contributed by atoms with Gasteiger partial charge in [-0.1, -0.05) is 17.7 Å². The van der Waals surface area contributed by atoms with Crippen molar-refractivity contribution in [2.24, 2.45) is 0 Å². The highest BCUT2D eigenvalue weighted by molar-refractivity contribution is 6.31. The Bertz CT molecular complexity index is 460. The number of rotatable bonds is 8. The van der Waals surface area contributed by atoms with Gasteiger partial charge in [-0.05, 0) is 24.6 Å². The molecule has 0 spiro atoms. The number of nitriles is 1. The van der Waals surface area contributed by atoms with Crippen LogP contribution < -0.4 is 0 Å². The van der Waals surface area contributed by atoms with Crippen molar-refractivity contribution in [2.45, 2.75) is 19.5 Å². The number of benzene rings is 1. The van der Waals surface area contributed by atoms with E-state index in [1.54, 1.807) is 26.4 Å². The minimum Gasteiger partial charge on any atom is -0.383 e. The first kappa shape index (κ1) is 16.9. The van der Waals surface area contributed by atoms with Crippen LogP contribution in [0.3, 0.4) is 0 Å². The number of nitrogens with zero attached hydrogens (tertiary/aromatic N) is 2. The Morgan fingerprint density at radius 3 is 2.65 bits per heavy atom. The van der Waals surface area contributed by atoms with Crippen LogP contribution in [0.5, 0.6) is 0 Å². The number of hydrogen-bond acceptors (Lipinski definition) is 4. The predicted octanol–water partition coefficient (Wildman–Crippen LogP) is 2.69. The molecular formula is C15H21ClN2O2. The summed E-state index contributed by atoms with van der Waals surface area (Å²) in [5, 5.41) is 9.48. The predicted molar refractivity (Wildman–Crippen MR) is 79.8 cm³/mol. The van der Waals surface area contributed by atoms with Gasteiger partial charge in [0, 0.05) is 38.4 Å². The molecule has 0 fully saturated rings. The Balaban J connectivity index is 2.80. The molecule has 0 heterocycles. The van der Waals surface area contributed by atoms with Gasteiger partial charge < -0.3 is 9.47 Å². The van der Waals surface area contributed by atoms with Crippen LogP contribution in [0.15, 0.2) is 18.2 Å². The van der Waals surface area contributed by atoms with Crippen molar-refractivity contribution in [3.05, 3.63) is 34.3 Å². The SMILES string of the molecule is COCCN(Cc1ccc(C#N)cc1Cl)C(C)COC. The van der Waals surface area contributed by atoms with Crippen molar-refractivity contribution in [1.29, 1.82) is 5.26 Å². The fourth-order valence-electron chi connectivity index (χ4n) is 1.97. The summed E-state index contributed by atoms with van der Waals surface area (Å²) in [6, 6.07) is 7.75. The second kappa shape index (κ2) is 8.93. The first-order valence-corrected chi connectivity index (χ1v) is 6.90. The highest BCUT2D eigenvalue weighted by Crippen LogP contribution is 2.20. The summed E-state index contributed by atoms with van der Waals surface area (Å²) in [6.07, 6.45) is 0. The number of ether oxygens (including phenoxy) is 2. The first-order chi connectivity index (χ1) is 9.62. The second-order valence-electron chi connectivity index (χ2n) is 4.69. The van der Waals surface area contributed by atoms with Gasteiger partial charge >= 0.3 is 0 Å². The molecule has 0 bridgehead atoms. The molecule has 5 heteroatoms. The first-order valence-electron chi connectivity index (χ1n) is 6.52. The summed E-state index contributed by atoms with van der Waals surface area (Å²) in [4.78, 5) is 2.25. The molecule has 0 aliphatic carbocycles. The zero-order valence-corrected chi connectivity index (χ0v) is 13.0. The molecule has 20 heavy (non-hydrogen) atoms. The van der Waals surface area contributed by atoms with E-state index in [1.165, 1.54) is 0 Å². The Hall–Kier alpha value is -1.12. The fourth-order valence-corrected chi connectivity index (χ4v) is 2.21. The van der Waals surface area contributed by atoms with Gasteiger partial charge in [-0.25, -0.2) is 0 Å². The number of methoxy groups -OCH3 is 2. The van der Waals surface area contributed by atoms with Gasteiger partial charge in [-0.2, -0.15) is 5.26 Å². The van der Waals surface area contributed by atoms with Crippen molar-refractivity contribution >= 4 is 11.6 Å². The summed E-state index contributed by atoms with van der Waals surface area (Å²) in [7, 11) is 3.38. The van der Waals surface area contributed by atoms with E-state index in [4.69, 9.17) is 26.3 Å². The molecule has 1 aromatic rings.